The number of nitrogens with zero attached hydrogens (tertiary/aromatic N) is 4. The van der Waals surface area contributed by atoms with Crippen molar-refractivity contribution in [1.82, 2.24) is 9.80 Å². The van der Waals surface area contributed by atoms with Gasteiger partial charge in [0.1, 0.15) is 5.66 Å². The fourth-order valence-electron chi connectivity index (χ4n) is 11.7. The van der Waals surface area contributed by atoms with E-state index in [0.717, 1.165) is 48.2 Å². The van der Waals surface area contributed by atoms with Crippen molar-refractivity contribution in [2.45, 2.75) is 62.4 Å². The van der Waals surface area contributed by atoms with Gasteiger partial charge in [-0.05, 0) is 84.7 Å². The van der Waals surface area contributed by atoms with Crippen molar-refractivity contribution in [2.75, 3.05) is 9.80 Å². The molecule has 0 amide bonds. The normalized spacial score (nSPS) is 19.8. The van der Waals surface area contributed by atoms with Crippen molar-refractivity contribution >= 4 is 11.4 Å². The number of allylic oxidation sites excluding steroid dienone is 4. The summed E-state index contributed by atoms with van der Waals surface area (Å²) in [5.74, 6) is 0. The second-order valence-corrected chi connectivity index (χ2v) is 16.4. The Morgan fingerprint density at radius 3 is 1.21 bits per heavy atom. The van der Waals surface area contributed by atoms with Gasteiger partial charge in [-0.2, -0.15) is 48.5 Å². The van der Waals surface area contributed by atoms with Crippen molar-refractivity contribution in [2.24, 2.45) is 0 Å². The first-order chi connectivity index (χ1) is 27.8. The topological polar surface area (TPSA) is 13.0 Å². The Morgan fingerprint density at radius 2 is 0.772 bits per heavy atom. The van der Waals surface area contributed by atoms with Gasteiger partial charge in [-0.25, -0.2) is 0 Å². The maximum atomic E-state index is 4.16. The van der Waals surface area contributed by atoms with Gasteiger partial charge in [0.05, 0.1) is 0 Å². The SMILES string of the molecule is [Pt+4].[c-]1c2cccc1C1(c3[c-]c(ccc3)N3[CH-]N(C4=C3CCCC4)C3(c4ccccc4-c4ccccc43)N3[CH-]N2C2=C3CCCC2)c2ccccc2-c2ccccc21. The van der Waals surface area contributed by atoms with Gasteiger partial charge in [0.25, 0.3) is 0 Å². The van der Waals surface area contributed by atoms with Crippen molar-refractivity contribution < 1.29 is 21.1 Å². The molecule has 2 spiro atoms. The number of benzene rings is 6. The minimum Gasteiger partial charge on any atom is -0.497 e. The van der Waals surface area contributed by atoms with Gasteiger partial charge < -0.3 is 19.6 Å². The Hall–Kier alpha value is -5.31. The Kier molecular flexibility index (Phi) is 7.32. The van der Waals surface area contributed by atoms with Gasteiger partial charge in [-0.1, -0.05) is 97.1 Å². The quantitative estimate of drug-likeness (QED) is 0.141. The fourth-order valence-corrected chi connectivity index (χ4v) is 11.7. The molecule has 7 aliphatic rings. The molecule has 278 valence electrons. The van der Waals surface area contributed by atoms with Crippen LogP contribution >= 0.6 is 0 Å². The van der Waals surface area contributed by atoms with Crippen LogP contribution < -0.4 is 9.80 Å². The van der Waals surface area contributed by atoms with E-state index in [1.54, 1.807) is 0 Å². The first kappa shape index (κ1) is 33.8. The van der Waals surface area contributed by atoms with Gasteiger partial charge in [-0.3, -0.25) is 0 Å². The van der Waals surface area contributed by atoms with Gasteiger partial charge in [0.15, 0.2) is 0 Å². The third-order valence-corrected chi connectivity index (χ3v) is 13.9. The molecule has 0 aromatic heterocycles. The third kappa shape index (κ3) is 4.22. The summed E-state index contributed by atoms with van der Waals surface area (Å²) in [7, 11) is 0. The van der Waals surface area contributed by atoms with Crippen LogP contribution in [0.5, 0.6) is 0 Å². The molecule has 0 radical (unpaired) electrons. The first-order valence-electron chi connectivity index (χ1n) is 20.5. The van der Waals surface area contributed by atoms with Crippen molar-refractivity contribution in [3.05, 3.63) is 215 Å². The van der Waals surface area contributed by atoms with E-state index in [1.807, 2.05) is 0 Å². The predicted octanol–water partition coefficient (Wildman–Crippen LogP) is 11.6. The van der Waals surface area contributed by atoms with Crippen LogP contribution in [0.3, 0.4) is 0 Å². The average molecular weight is 916 g/mol. The Morgan fingerprint density at radius 1 is 0.404 bits per heavy atom. The minimum absolute atomic E-state index is 0. The van der Waals surface area contributed by atoms with Gasteiger partial charge in [0, 0.05) is 39.3 Å². The zero-order chi connectivity index (χ0) is 36.6. The molecular weight excluding hydrogens is 876 g/mol. The molecule has 3 heterocycles. The molecule has 0 atom stereocenters. The van der Waals surface area contributed by atoms with Crippen LogP contribution in [0.1, 0.15) is 84.7 Å². The molecule has 4 aliphatic carbocycles. The van der Waals surface area contributed by atoms with E-state index in [-0.39, 0.29) is 21.1 Å². The summed E-state index contributed by atoms with van der Waals surface area (Å²) in [5.41, 5.74) is 19.4. The van der Waals surface area contributed by atoms with E-state index in [0.29, 0.717) is 0 Å². The molecule has 8 bridgehead atoms. The molecule has 0 unspecified atom stereocenters. The van der Waals surface area contributed by atoms with Crippen LogP contribution in [0.4, 0.5) is 11.4 Å². The maximum absolute atomic E-state index is 4.16. The van der Waals surface area contributed by atoms with Gasteiger partial charge in [-0.15, -0.1) is 35.8 Å². The molecule has 5 heteroatoms. The molecular formula is C52H40N4Pt. The van der Waals surface area contributed by atoms with E-state index < -0.39 is 11.1 Å². The van der Waals surface area contributed by atoms with E-state index in [4.69, 9.17) is 0 Å². The zero-order valence-corrected chi connectivity index (χ0v) is 33.9. The number of fused-ring (bicyclic) bond motifs is 28. The molecule has 0 N–H and O–H groups in total. The number of anilines is 2. The number of hydrogen-bond acceptors (Lipinski definition) is 4. The predicted molar refractivity (Wildman–Crippen MR) is 222 cm³/mol. The summed E-state index contributed by atoms with van der Waals surface area (Å²) in [4.78, 5) is 10.4. The molecule has 4 nitrogen and oxygen atoms in total. The molecule has 0 fully saturated rings. The van der Waals surface area contributed by atoms with E-state index >= 15 is 0 Å². The summed E-state index contributed by atoms with van der Waals surface area (Å²) in [6, 6.07) is 58.5. The molecule has 3 aliphatic heterocycles. The van der Waals surface area contributed by atoms with Crippen LogP contribution in [0.15, 0.2) is 156 Å². The smallest absolute Gasteiger partial charge is 0.497 e. The molecule has 6 aromatic carbocycles. The largest absolute Gasteiger partial charge is 4.00 e. The third-order valence-electron chi connectivity index (χ3n) is 13.9. The van der Waals surface area contributed by atoms with Crippen molar-refractivity contribution in [3.63, 3.8) is 0 Å². The average Bonchev–Trinajstić information content (AvgIpc) is 4.01. The monoisotopic (exact) mass is 915 g/mol. The van der Waals surface area contributed by atoms with Crippen molar-refractivity contribution in [1.29, 1.82) is 0 Å². The molecule has 6 aromatic rings. The van der Waals surface area contributed by atoms with Crippen LogP contribution in [-0.2, 0) is 32.1 Å². The summed E-state index contributed by atoms with van der Waals surface area (Å²) in [5, 5.41) is 0. The first-order valence-corrected chi connectivity index (χ1v) is 20.5. The second kappa shape index (κ2) is 12.3. The van der Waals surface area contributed by atoms with Crippen LogP contribution in [0, 0.1) is 25.5 Å². The van der Waals surface area contributed by atoms with E-state index in [2.05, 4.69) is 179 Å². The maximum Gasteiger partial charge on any atom is 4.00 e. The Balaban J connectivity index is 0.00000356. The van der Waals surface area contributed by atoms with Crippen LogP contribution in [0.2, 0.25) is 0 Å². The summed E-state index contributed by atoms with van der Waals surface area (Å²) in [6.45, 7) is 4.93. The number of hydrogen-bond donors (Lipinski definition) is 0. The van der Waals surface area contributed by atoms with E-state index in [1.165, 1.54) is 93.0 Å². The van der Waals surface area contributed by atoms with Crippen LogP contribution in [0.25, 0.3) is 22.3 Å². The second-order valence-electron chi connectivity index (χ2n) is 16.4. The van der Waals surface area contributed by atoms with Crippen molar-refractivity contribution in [3.8, 4) is 22.3 Å². The number of rotatable bonds is 0. The zero-order valence-electron chi connectivity index (χ0n) is 31.6. The summed E-state index contributed by atoms with van der Waals surface area (Å²) >= 11 is 0. The molecule has 57 heavy (non-hydrogen) atoms. The standard InChI is InChI=1S/C52H40N4.Pt/c1-5-23-43-39(19-1)40-20-2-6-24-44(40)51(43)35-15-13-17-37(31-35)53-33-55(49-29-11-9-27-47(49)53)52(45-25-7-3-21-41(45)42-22-4-8-26-46(42)52)56-34-54(38-18-14-16-36(51)32-38)48-28-10-12-30-50(48)56;/h1-8,13-26,33-34H,9-12,27-30H2;/q-4;+4. The van der Waals surface area contributed by atoms with Gasteiger partial charge >= 0.3 is 21.1 Å². The molecule has 0 saturated heterocycles. The van der Waals surface area contributed by atoms with Gasteiger partial charge in [0.2, 0.25) is 0 Å². The molecule has 13 rings (SSSR count). The van der Waals surface area contributed by atoms with E-state index in [9.17, 15) is 0 Å². The summed E-state index contributed by atoms with van der Waals surface area (Å²) < 4.78 is 0. The van der Waals surface area contributed by atoms with Crippen LogP contribution in [-0.4, -0.2) is 9.80 Å². The minimum atomic E-state index is -0.615. The molecule has 0 saturated carbocycles. The Labute approximate surface area is 350 Å². The Bertz CT molecular complexity index is 2540. The summed E-state index contributed by atoms with van der Waals surface area (Å²) in [6.07, 6.45) is 8.88. The fraction of sp³-hybridized carbons (Fsp3) is 0.192.